The highest BCUT2D eigenvalue weighted by Crippen LogP contribution is 2.40. The fourth-order valence-corrected chi connectivity index (χ4v) is 2.21. The molecule has 2 aromatic rings. The third kappa shape index (κ3) is 3.51. The van der Waals surface area contributed by atoms with Crippen molar-refractivity contribution in [3.05, 3.63) is 42.5 Å². The molecule has 1 aromatic carbocycles. The zero-order valence-corrected chi connectivity index (χ0v) is 13.0. The molecule has 0 aliphatic carbocycles. The Morgan fingerprint density at radius 2 is 2.12 bits per heavy atom. The van der Waals surface area contributed by atoms with Gasteiger partial charge in [0.05, 0.1) is 13.5 Å². The summed E-state index contributed by atoms with van der Waals surface area (Å²) >= 11 is 0. The quantitative estimate of drug-likeness (QED) is 0.873. The van der Waals surface area contributed by atoms with Gasteiger partial charge in [-0.1, -0.05) is 6.07 Å². The second-order valence-corrected chi connectivity index (χ2v) is 5.18. The molecule has 0 saturated heterocycles. The van der Waals surface area contributed by atoms with Crippen molar-refractivity contribution in [1.29, 1.82) is 0 Å². The fraction of sp³-hybridized carbons (Fsp3) is 0.333. The van der Waals surface area contributed by atoms with E-state index in [1.54, 1.807) is 12.1 Å². The fourth-order valence-electron chi connectivity index (χ4n) is 2.21. The summed E-state index contributed by atoms with van der Waals surface area (Å²) in [6, 6.07) is 6.14. The molecule has 0 aliphatic rings. The molecule has 6 nitrogen and oxygen atoms in total. The normalized spacial score (nSPS) is 14.1. The molecule has 1 unspecified atom stereocenters. The van der Waals surface area contributed by atoms with Gasteiger partial charge in [-0.25, -0.2) is 4.98 Å². The van der Waals surface area contributed by atoms with Gasteiger partial charge in [-0.2, -0.15) is 13.2 Å². The molecule has 0 spiro atoms. The molecule has 9 heteroatoms. The van der Waals surface area contributed by atoms with Gasteiger partial charge in [-0.15, -0.1) is 0 Å². The van der Waals surface area contributed by atoms with Crippen molar-refractivity contribution in [1.82, 2.24) is 9.55 Å². The van der Waals surface area contributed by atoms with E-state index in [1.807, 2.05) is 0 Å². The molecular formula is C15H16F3N3O3. The van der Waals surface area contributed by atoms with E-state index in [1.165, 1.54) is 32.5 Å². The van der Waals surface area contributed by atoms with E-state index in [0.717, 1.165) is 10.8 Å². The van der Waals surface area contributed by atoms with Crippen molar-refractivity contribution in [3.63, 3.8) is 0 Å². The first kappa shape index (κ1) is 17.8. The SMILES string of the molecule is COc1cccc(NC(=O)CC(O)(c2nccn2C)C(F)(F)F)c1. The molecule has 2 rings (SSSR count). The van der Waals surface area contributed by atoms with Crippen LogP contribution in [0.3, 0.4) is 0 Å². The number of nitrogens with zero attached hydrogens (tertiary/aromatic N) is 2. The van der Waals surface area contributed by atoms with Crippen LogP contribution in [0.1, 0.15) is 12.2 Å². The van der Waals surface area contributed by atoms with Gasteiger partial charge in [0.15, 0.2) is 5.82 Å². The monoisotopic (exact) mass is 343 g/mol. The summed E-state index contributed by atoms with van der Waals surface area (Å²) in [5.74, 6) is -1.23. The van der Waals surface area contributed by atoms with Crippen molar-refractivity contribution in [2.24, 2.45) is 7.05 Å². The molecule has 0 fully saturated rings. The first-order valence-electron chi connectivity index (χ1n) is 6.88. The maximum atomic E-state index is 13.4. The van der Waals surface area contributed by atoms with Gasteiger partial charge in [-0.05, 0) is 12.1 Å². The summed E-state index contributed by atoms with van der Waals surface area (Å²) in [6.07, 6.45) is -3.92. The Kier molecular flexibility index (Phi) is 4.83. The lowest BCUT2D eigenvalue weighted by atomic mass is 9.97. The molecule has 1 aromatic heterocycles. The molecule has 1 heterocycles. The van der Waals surface area contributed by atoms with Gasteiger partial charge in [0.1, 0.15) is 5.75 Å². The number of alkyl halides is 3. The van der Waals surface area contributed by atoms with Gasteiger partial charge in [0.2, 0.25) is 11.5 Å². The van der Waals surface area contributed by atoms with Crippen LogP contribution in [-0.2, 0) is 17.4 Å². The number of hydrogen-bond acceptors (Lipinski definition) is 4. The summed E-state index contributed by atoms with van der Waals surface area (Å²) < 4.78 is 46.1. The van der Waals surface area contributed by atoms with Gasteiger partial charge in [-0.3, -0.25) is 4.79 Å². The van der Waals surface area contributed by atoms with Crippen LogP contribution in [-0.4, -0.2) is 33.9 Å². The number of aryl methyl sites for hydroxylation is 1. The number of hydrogen-bond donors (Lipinski definition) is 2. The van der Waals surface area contributed by atoms with E-state index in [2.05, 4.69) is 10.3 Å². The number of anilines is 1. The van der Waals surface area contributed by atoms with Crippen molar-refractivity contribution < 1.29 is 27.8 Å². The van der Waals surface area contributed by atoms with E-state index in [9.17, 15) is 23.1 Å². The van der Waals surface area contributed by atoms with Crippen molar-refractivity contribution >= 4 is 11.6 Å². The number of methoxy groups -OCH3 is 1. The summed E-state index contributed by atoms with van der Waals surface area (Å²) in [5.41, 5.74) is -3.14. The lowest BCUT2D eigenvalue weighted by Gasteiger charge is -2.29. The number of aliphatic hydroxyl groups is 1. The van der Waals surface area contributed by atoms with Gasteiger partial charge < -0.3 is 19.7 Å². The Morgan fingerprint density at radius 3 is 2.67 bits per heavy atom. The van der Waals surface area contributed by atoms with Crippen molar-refractivity contribution in [3.8, 4) is 5.75 Å². The largest absolute Gasteiger partial charge is 0.497 e. The van der Waals surface area contributed by atoms with Crippen molar-refractivity contribution in [2.75, 3.05) is 12.4 Å². The molecule has 0 aliphatic heterocycles. The number of halogens is 3. The second kappa shape index (κ2) is 6.52. The number of carbonyl (C=O) groups is 1. The van der Waals surface area contributed by atoms with Crippen LogP contribution >= 0.6 is 0 Å². The Hall–Kier alpha value is -2.55. The number of amides is 1. The number of carbonyl (C=O) groups excluding carboxylic acids is 1. The minimum absolute atomic E-state index is 0.253. The molecule has 24 heavy (non-hydrogen) atoms. The maximum Gasteiger partial charge on any atom is 0.425 e. The zero-order valence-electron chi connectivity index (χ0n) is 13.0. The number of rotatable bonds is 5. The predicted molar refractivity (Wildman–Crippen MR) is 79.4 cm³/mol. The minimum Gasteiger partial charge on any atom is -0.497 e. The first-order valence-corrected chi connectivity index (χ1v) is 6.88. The number of benzene rings is 1. The van der Waals surface area contributed by atoms with E-state index in [0.29, 0.717) is 5.75 Å². The second-order valence-electron chi connectivity index (χ2n) is 5.18. The number of aromatic nitrogens is 2. The van der Waals surface area contributed by atoms with Crippen LogP contribution in [0.15, 0.2) is 36.7 Å². The minimum atomic E-state index is -5.07. The Balaban J connectivity index is 2.24. The van der Waals surface area contributed by atoms with Crippen LogP contribution in [0.4, 0.5) is 18.9 Å². The molecular weight excluding hydrogens is 327 g/mol. The lowest BCUT2D eigenvalue weighted by Crippen LogP contribution is -2.46. The smallest absolute Gasteiger partial charge is 0.425 e. The molecule has 0 bridgehead atoms. The number of ether oxygens (including phenoxy) is 1. The highest BCUT2D eigenvalue weighted by atomic mass is 19.4. The molecule has 1 amide bonds. The summed E-state index contributed by atoms with van der Waals surface area (Å²) in [6.45, 7) is 0. The summed E-state index contributed by atoms with van der Waals surface area (Å²) in [7, 11) is 2.73. The van der Waals surface area contributed by atoms with E-state index >= 15 is 0 Å². The Labute approximate surface area is 135 Å². The highest BCUT2D eigenvalue weighted by molar-refractivity contribution is 5.91. The molecule has 1 atom stereocenters. The Bertz CT molecular complexity index is 730. The summed E-state index contributed by atoms with van der Waals surface area (Å²) in [4.78, 5) is 15.6. The van der Waals surface area contributed by atoms with Crippen LogP contribution in [0.25, 0.3) is 0 Å². The third-order valence-corrected chi connectivity index (χ3v) is 3.43. The van der Waals surface area contributed by atoms with Crippen LogP contribution in [0.5, 0.6) is 5.75 Å². The summed E-state index contributed by atoms with van der Waals surface area (Å²) in [5, 5.41) is 12.5. The Morgan fingerprint density at radius 1 is 1.42 bits per heavy atom. The average Bonchev–Trinajstić information content (AvgIpc) is 2.92. The van der Waals surface area contributed by atoms with Gasteiger partial charge in [0, 0.05) is 31.2 Å². The molecule has 130 valence electrons. The topological polar surface area (TPSA) is 76.4 Å². The van der Waals surface area contributed by atoms with E-state index < -0.39 is 29.9 Å². The zero-order chi connectivity index (χ0) is 18.0. The molecule has 2 N–H and O–H groups in total. The average molecular weight is 343 g/mol. The van der Waals surface area contributed by atoms with E-state index in [4.69, 9.17) is 4.74 Å². The first-order chi connectivity index (χ1) is 11.2. The van der Waals surface area contributed by atoms with Gasteiger partial charge in [0.25, 0.3) is 0 Å². The number of nitrogens with one attached hydrogen (secondary N) is 1. The number of imidazole rings is 1. The third-order valence-electron chi connectivity index (χ3n) is 3.43. The van der Waals surface area contributed by atoms with Crippen LogP contribution in [0, 0.1) is 0 Å². The standard InChI is InChI=1S/C15H16F3N3O3/c1-21-7-6-19-13(21)14(23,15(16,17)18)9-12(22)20-10-4-3-5-11(8-10)24-2/h3-8,23H,9H2,1-2H3,(H,20,22). The predicted octanol–water partition coefficient (Wildman–Crippen LogP) is 2.21. The molecule has 0 saturated carbocycles. The van der Waals surface area contributed by atoms with Crippen LogP contribution < -0.4 is 10.1 Å². The van der Waals surface area contributed by atoms with Gasteiger partial charge >= 0.3 is 6.18 Å². The lowest BCUT2D eigenvalue weighted by molar-refractivity contribution is -0.270. The van der Waals surface area contributed by atoms with E-state index in [-0.39, 0.29) is 5.69 Å². The highest BCUT2D eigenvalue weighted by Gasteiger charge is 2.58. The molecule has 0 radical (unpaired) electrons. The maximum absolute atomic E-state index is 13.4. The van der Waals surface area contributed by atoms with Crippen molar-refractivity contribution in [2.45, 2.75) is 18.2 Å². The van der Waals surface area contributed by atoms with Crippen LogP contribution in [0.2, 0.25) is 0 Å².